The summed E-state index contributed by atoms with van der Waals surface area (Å²) < 4.78 is 0. The summed E-state index contributed by atoms with van der Waals surface area (Å²) in [4.78, 5) is 24.4. The number of hydrogen-bond acceptors (Lipinski definition) is 3. The van der Waals surface area contributed by atoms with Gasteiger partial charge in [-0.25, -0.2) is 0 Å². The maximum atomic E-state index is 11.2. The van der Waals surface area contributed by atoms with Gasteiger partial charge in [-0.3, -0.25) is 9.59 Å². The zero-order chi connectivity index (χ0) is 11.3. The minimum atomic E-state index is -1.18. The Hall–Kier alpha value is -1.82. The van der Waals surface area contributed by atoms with E-state index in [1.807, 2.05) is 12.1 Å². The van der Waals surface area contributed by atoms with E-state index in [2.05, 4.69) is 10.3 Å². The second kappa shape index (κ2) is 5.16. The van der Waals surface area contributed by atoms with Gasteiger partial charge in [-0.2, -0.15) is 0 Å². The molecule has 0 aliphatic heterocycles. The molecule has 0 radical (unpaired) electrons. The van der Waals surface area contributed by atoms with Crippen molar-refractivity contribution in [1.29, 1.82) is 0 Å². The van der Waals surface area contributed by atoms with Crippen LogP contribution in [0.15, 0.2) is 18.3 Å². The SMILES string of the molecule is NC(CC(=O)NCc1ccc[nH]1)C(=O)O. The van der Waals surface area contributed by atoms with Crippen molar-refractivity contribution < 1.29 is 14.7 Å². The van der Waals surface area contributed by atoms with Crippen molar-refractivity contribution in [2.75, 3.05) is 0 Å². The van der Waals surface area contributed by atoms with Crippen molar-refractivity contribution >= 4 is 11.9 Å². The average molecular weight is 211 g/mol. The molecule has 1 unspecified atom stereocenters. The second-order valence-electron chi connectivity index (χ2n) is 3.12. The number of rotatable bonds is 5. The number of carboxylic acids is 1. The molecule has 0 saturated heterocycles. The molecule has 15 heavy (non-hydrogen) atoms. The van der Waals surface area contributed by atoms with Gasteiger partial charge in [-0.05, 0) is 12.1 Å². The first-order chi connectivity index (χ1) is 7.09. The third-order valence-electron chi connectivity index (χ3n) is 1.86. The molecule has 0 aliphatic rings. The summed E-state index contributed by atoms with van der Waals surface area (Å²) in [5.41, 5.74) is 6.05. The van der Waals surface area contributed by atoms with Crippen molar-refractivity contribution in [3.8, 4) is 0 Å². The fraction of sp³-hybridized carbons (Fsp3) is 0.333. The van der Waals surface area contributed by atoms with Crippen LogP contribution in [0.4, 0.5) is 0 Å². The molecule has 0 aliphatic carbocycles. The Kier molecular flexibility index (Phi) is 3.87. The molecule has 1 aromatic rings. The smallest absolute Gasteiger partial charge is 0.321 e. The number of carboxylic acid groups (broad SMARTS) is 1. The zero-order valence-electron chi connectivity index (χ0n) is 8.06. The highest BCUT2D eigenvalue weighted by atomic mass is 16.4. The third-order valence-corrected chi connectivity index (χ3v) is 1.86. The van der Waals surface area contributed by atoms with Crippen LogP contribution in [-0.4, -0.2) is 28.0 Å². The lowest BCUT2D eigenvalue weighted by Gasteiger charge is -2.06. The summed E-state index contributed by atoms with van der Waals surface area (Å²) in [6, 6.07) is 2.48. The van der Waals surface area contributed by atoms with Crippen LogP contribution in [0, 0.1) is 0 Å². The number of aliphatic carboxylic acids is 1. The Labute approximate surface area is 86.5 Å². The van der Waals surface area contributed by atoms with Crippen LogP contribution in [0.2, 0.25) is 0 Å². The van der Waals surface area contributed by atoms with Crippen LogP contribution >= 0.6 is 0 Å². The van der Waals surface area contributed by atoms with Gasteiger partial charge in [0.15, 0.2) is 0 Å². The fourth-order valence-electron chi connectivity index (χ4n) is 1.03. The molecule has 6 heteroatoms. The van der Waals surface area contributed by atoms with E-state index in [1.54, 1.807) is 6.20 Å². The van der Waals surface area contributed by atoms with Crippen molar-refractivity contribution in [2.24, 2.45) is 5.73 Å². The summed E-state index contributed by atoms with van der Waals surface area (Å²) in [7, 11) is 0. The van der Waals surface area contributed by atoms with Crippen LogP contribution in [-0.2, 0) is 16.1 Å². The number of nitrogens with one attached hydrogen (secondary N) is 2. The predicted molar refractivity (Wildman–Crippen MR) is 52.9 cm³/mol. The van der Waals surface area contributed by atoms with Gasteiger partial charge in [-0.15, -0.1) is 0 Å². The van der Waals surface area contributed by atoms with Gasteiger partial charge in [0.25, 0.3) is 0 Å². The van der Waals surface area contributed by atoms with Gasteiger partial charge in [0, 0.05) is 11.9 Å². The van der Waals surface area contributed by atoms with E-state index >= 15 is 0 Å². The Balaban J connectivity index is 2.28. The lowest BCUT2D eigenvalue weighted by Crippen LogP contribution is -2.36. The van der Waals surface area contributed by atoms with E-state index < -0.39 is 12.0 Å². The molecular weight excluding hydrogens is 198 g/mol. The van der Waals surface area contributed by atoms with Gasteiger partial charge in [0.1, 0.15) is 6.04 Å². The van der Waals surface area contributed by atoms with Crippen LogP contribution in [0.5, 0.6) is 0 Å². The molecule has 1 rings (SSSR count). The summed E-state index contributed by atoms with van der Waals surface area (Å²) in [5.74, 6) is -1.55. The quantitative estimate of drug-likeness (QED) is 0.523. The van der Waals surface area contributed by atoms with Gasteiger partial charge >= 0.3 is 5.97 Å². The van der Waals surface area contributed by atoms with Gasteiger partial charge < -0.3 is 21.1 Å². The Morgan fingerprint density at radius 2 is 2.33 bits per heavy atom. The normalized spacial score (nSPS) is 12.1. The standard InChI is InChI=1S/C9H13N3O3/c10-7(9(14)15)4-8(13)12-5-6-2-1-3-11-6/h1-3,7,11H,4-5,10H2,(H,12,13)(H,14,15). The van der Waals surface area contributed by atoms with Crippen molar-refractivity contribution in [1.82, 2.24) is 10.3 Å². The minimum absolute atomic E-state index is 0.212. The topological polar surface area (TPSA) is 108 Å². The Bertz CT molecular complexity index is 334. The first-order valence-electron chi connectivity index (χ1n) is 4.47. The number of aromatic amines is 1. The molecule has 1 amide bonds. The predicted octanol–water partition coefficient (Wildman–Crippen LogP) is -0.567. The molecule has 1 aromatic heterocycles. The van der Waals surface area contributed by atoms with E-state index in [0.29, 0.717) is 6.54 Å². The van der Waals surface area contributed by atoms with Gasteiger partial charge in [0.05, 0.1) is 13.0 Å². The molecular formula is C9H13N3O3. The summed E-state index contributed by atoms with van der Waals surface area (Å²) in [6.45, 7) is 0.345. The molecule has 5 N–H and O–H groups in total. The van der Waals surface area contributed by atoms with E-state index in [1.165, 1.54) is 0 Å². The number of hydrogen-bond donors (Lipinski definition) is 4. The maximum Gasteiger partial charge on any atom is 0.321 e. The van der Waals surface area contributed by atoms with E-state index in [-0.39, 0.29) is 12.3 Å². The summed E-state index contributed by atoms with van der Waals surface area (Å²) >= 11 is 0. The molecule has 1 atom stereocenters. The van der Waals surface area contributed by atoms with Gasteiger partial charge in [0.2, 0.25) is 5.91 Å². The first kappa shape index (κ1) is 11.3. The third kappa shape index (κ3) is 3.82. The lowest BCUT2D eigenvalue weighted by molar-refractivity contribution is -0.140. The molecule has 0 fully saturated rings. The fourth-order valence-corrected chi connectivity index (χ4v) is 1.03. The Morgan fingerprint density at radius 3 is 2.87 bits per heavy atom. The van der Waals surface area contributed by atoms with Crippen LogP contribution in [0.1, 0.15) is 12.1 Å². The maximum absolute atomic E-state index is 11.2. The lowest BCUT2D eigenvalue weighted by atomic mass is 10.2. The number of amides is 1. The molecule has 0 aromatic carbocycles. The largest absolute Gasteiger partial charge is 0.480 e. The van der Waals surface area contributed by atoms with Crippen LogP contribution < -0.4 is 11.1 Å². The van der Waals surface area contributed by atoms with E-state index in [4.69, 9.17) is 10.8 Å². The van der Waals surface area contributed by atoms with Gasteiger partial charge in [-0.1, -0.05) is 0 Å². The number of carbonyl (C=O) groups is 2. The minimum Gasteiger partial charge on any atom is -0.480 e. The number of H-pyrrole nitrogens is 1. The first-order valence-corrected chi connectivity index (χ1v) is 4.47. The molecule has 82 valence electrons. The van der Waals surface area contributed by atoms with Crippen molar-refractivity contribution in [2.45, 2.75) is 19.0 Å². The Morgan fingerprint density at radius 1 is 1.60 bits per heavy atom. The van der Waals surface area contributed by atoms with Crippen LogP contribution in [0.3, 0.4) is 0 Å². The molecule has 6 nitrogen and oxygen atoms in total. The highest BCUT2D eigenvalue weighted by Gasteiger charge is 2.15. The summed E-state index contributed by atoms with van der Waals surface area (Å²) in [6.07, 6.45) is 1.53. The number of aromatic nitrogens is 1. The van der Waals surface area contributed by atoms with E-state index in [0.717, 1.165) is 5.69 Å². The molecule has 0 spiro atoms. The second-order valence-corrected chi connectivity index (χ2v) is 3.12. The molecule has 0 saturated carbocycles. The molecule has 1 heterocycles. The highest BCUT2D eigenvalue weighted by Crippen LogP contribution is 1.94. The zero-order valence-corrected chi connectivity index (χ0v) is 8.06. The van der Waals surface area contributed by atoms with Crippen LogP contribution in [0.25, 0.3) is 0 Å². The average Bonchev–Trinajstić information content (AvgIpc) is 2.66. The molecule has 0 bridgehead atoms. The highest BCUT2D eigenvalue weighted by molar-refractivity contribution is 5.84. The number of carbonyl (C=O) groups excluding carboxylic acids is 1. The van der Waals surface area contributed by atoms with Crippen molar-refractivity contribution in [3.63, 3.8) is 0 Å². The van der Waals surface area contributed by atoms with E-state index in [9.17, 15) is 9.59 Å². The monoisotopic (exact) mass is 211 g/mol. The van der Waals surface area contributed by atoms with Crippen molar-refractivity contribution in [3.05, 3.63) is 24.0 Å². The number of nitrogens with two attached hydrogens (primary N) is 1. The summed E-state index contributed by atoms with van der Waals surface area (Å²) in [5, 5.41) is 11.0.